The molecule has 1 aromatic carbocycles. The van der Waals surface area contributed by atoms with E-state index in [1.807, 2.05) is 30.0 Å². The normalized spacial score (nSPS) is 10.9. The van der Waals surface area contributed by atoms with Gasteiger partial charge >= 0.3 is 0 Å². The second-order valence-electron chi connectivity index (χ2n) is 3.71. The molecular formula is C11H16ClNS. The Morgan fingerprint density at radius 2 is 2.14 bits per heavy atom. The summed E-state index contributed by atoms with van der Waals surface area (Å²) in [6, 6.07) is 5.81. The monoisotopic (exact) mass is 229 g/mol. The number of benzene rings is 1. The van der Waals surface area contributed by atoms with Crippen molar-refractivity contribution in [3.63, 3.8) is 0 Å². The highest BCUT2D eigenvalue weighted by atomic mass is 35.5. The summed E-state index contributed by atoms with van der Waals surface area (Å²) in [5, 5.41) is 0.652. The SMILES string of the molecule is CC(C)CCSc1ccc(N)c(Cl)c1. The van der Waals surface area contributed by atoms with E-state index < -0.39 is 0 Å². The molecule has 1 nitrogen and oxygen atoms in total. The zero-order valence-corrected chi connectivity index (χ0v) is 10.2. The first-order valence-electron chi connectivity index (χ1n) is 4.77. The van der Waals surface area contributed by atoms with Crippen LogP contribution in [0.3, 0.4) is 0 Å². The van der Waals surface area contributed by atoms with E-state index in [0.29, 0.717) is 10.7 Å². The van der Waals surface area contributed by atoms with Crippen LogP contribution in [0.2, 0.25) is 5.02 Å². The van der Waals surface area contributed by atoms with Crippen LogP contribution in [0.5, 0.6) is 0 Å². The molecule has 3 heteroatoms. The summed E-state index contributed by atoms with van der Waals surface area (Å²) in [5.74, 6) is 1.89. The summed E-state index contributed by atoms with van der Waals surface area (Å²) in [7, 11) is 0. The zero-order valence-electron chi connectivity index (χ0n) is 8.59. The van der Waals surface area contributed by atoms with Gasteiger partial charge in [-0.2, -0.15) is 0 Å². The number of nitrogens with two attached hydrogens (primary N) is 1. The van der Waals surface area contributed by atoms with Crippen LogP contribution >= 0.6 is 23.4 Å². The summed E-state index contributed by atoms with van der Waals surface area (Å²) >= 11 is 7.75. The van der Waals surface area contributed by atoms with Crippen molar-refractivity contribution in [2.75, 3.05) is 11.5 Å². The maximum absolute atomic E-state index is 5.92. The fraction of sp³-hybridized carbons (Fsp3) is 0.455. The quantitative estimate of drug-likeness (QED) is 0.623. The molecule has 0 bridgehead atoms. The van der Waals surface area contributed by atoms with Gasteiger partial charge < -0.3 is 5.73 Å². The Labute approximate surface area is 95.0 Å². The third kappa shape index (κ3) is 3.81. The highest BCUT2D eigenvalue weighted by Gasteiger charge is 2.00. The van der Waals surface area contributed by atoms with Crippen molar-refractivity contribution in [1.82, 2.24) is 0 Å². The minimum Gasteiger partial charge on any atom is -0.398 e. The Morgan fingerprint density at radius 3 is 2.71 bits per heavy atom. The minimum atomic E-state index is 0.652. The number of nitrogen functional groups attached to an aromatic ring is 1. The molecule has 0 spiro atoms. The molecular weight excluding hydrogens is 214 g/mol. The molecule has 1 rings (SSSR count). The Hall–Kier alpha value is -0.340. The molecule has 2 N–H and O–H groups in total. The minimum absolute atomic E-state index is 0.652. The van der Waals surface area contributed by atoms with Crippen molar-refractivity contribution in [2.24, 2.45) is 5.92 Å². The molecule has 78 valence electrons. The second-order valence-corrected chi connectivity index (χ2v) is 5.29. The predicted molar refractivity (Wildman–Crippen MR) is 66.0 cm³/mol. The van der Waals surface area contributed by atoms with Gasteiger partial charge in [-0.15, -0.1) is 11.8 Å². The lowest BCUT2D eigenvalue weighted by Gasteiger charge is -2.05. The van der Waals surface area contributed by atoms with Crippen LogP contribution < -0.4 is 5.73 Å². The van der Waals surface area contributed by atoms with Crippen LogP contribution in [-0.4, -0.2) is 5.75 Å². The van der Waals surface area contributed by atoms with Crippen molar-refractivity contribution in [1.29, 1.82) is 0 Å². The van der Waals surface area contributed by atoms with Gasteiger partial charge in [-0.3, -0.25) is 0 Å². The Morgan fingerprint density at radius 1 is 1.43 bits per heavy atom. The average molecular weight is 230 g/mol. The number of halogens is 1. The lowest BCUT2D eigenvalue weighted by atomic mass is 10.2. The smallest absolute Gasteiger partial charge is 0.0646 e. The molecule has 0 unspecified atom stereocenters. The summed E-state index contributed by atoms with van der Waals surface area (Å²) in [5.41, 5.74) is 6.28. The van der Waals surface area contributed by atoms with Crippen LogP contribution in [0.15, 0.2) is 23.1 Å². The molecule has 0 atom stereocenters. The summed E-state index contributed by atoms with van der Waals surface area (Å²) < 4.78 is 0. The van der Waals surface area contributed by atoms with Crippen LogP contribution in [0.4, 0.5) is 5.69 Å². The van der Waals surface area contributed by atoms with Gasteiger partial charge in [0.05, 0.1) is 10.7 Å². The number of rotatable bonds is 4. The molecule has 0 aromatic heterocycles. The standard InChI is InChI=1S/C11H16ClNS/c1-8(2)5-6-14-9-3-4-11(13)10(12)7-9/h3-4,7-8H,5-6,13H2,1-2H3. The van der Waals surface area contributed by atoms with Crippen LogP contribution in [-0.2, 0) is 0 Å². The van der Waals surface area contributed by atoms with E-state index in [-0.39, 0.29) is 0 Å². The van der Waals surface area contributed by atoms with Gasteiger partial charge in [0.15, 0.2) is 0 Å². The first-order valence-corrected chi connectivity index (χ1v) is 6.14. The first kappa shape index (κ1) is 11.7. The largest absolute Gasteiger partial charge is 0.398 e. The first-order chi connectivity index (χ1) is 6.59. The molecule has 1 aromatic rings. The topological polar surface area (TPSA) is 26.0 Å². The van der Waals surface area contributed by atoms with Gasteiger partial charge in [0.2, 0.25) is 0 Å². The maximum atomic E-state index is 5.92. The van der Waals surface area contributed by atoms with Crippen LogP contribution in [0.25, 0.3) is 0 Å². The zero-order chi connectivity index (χ0) is 10.6. The fourth-order valence-electron chi connectivity index (χ4n) is 1.01. The van der Waals surface area contributed by atoms with E-state index >= 15 is 0 Å². The molecule has 0 aliphatic rings. The van der Waals surface area contributed by atoms with Gasteiger partial charge in [0.25, 0.3) is 0 Å². The lowest BCUT2D eigenvalue weighted by molar-refractivity contribution is 0.632. The van der Waals surface area contributed by atoms with Gasteiger partial charge in [0.1, 0.15) is 0 Å². The Balaban J connectivity index is 2.47. The van der Waals surface area contributed by atoms with Crippen molar-refractivity contribution in [3.05, 3.63) is 23.2 Å². The van der Waals surface area contributed by atoms with E-state index in [1.54, 1.807) is 0 Å². The van der Waals surface area contributed by atoms with E-state index in [0.717, 1.165) is 11.7 Å². The highest BCUT2D eigenvalue weighted by molar-refractivity contribution is 7.99. The van der Waals surface area contributed by atoms with Gasteiger partial charge in [-0.05, 0) is 36.3 Å². The maximum Gasteiger partial charge on any atom is 0.0646 e. The highest BCUT2D eigenvalue weighted by Crippen LogP contribution is 2.27. The summed E-state index contributed by atoms with van der Waals surface area (Å²) in [6.45, 7) is 4.47. The second kappa shape index (κ2) is 5.52. The third-order valence-electron chi connectivity index (χ3n) is 1.94. The lowest BCUT2D eigenvalue weighted by Crippen LogP contribution is -1.90. The number of thioether (sulfide) groups is 1. The third-order valence-corrected chi connectivity index (χ3v) is 3.29. The molecule has 14 heavy (non-hydrogen) atoms. The van der Waals surface area contributed by atoms with Crippen LogP contribution in [0.1, 0.15) is 20.3 Å². The van der Waals surface area contributed by atoms with Gasteiger partial charge in [0, 0.05) is 4.90 Å². The van der Waals surface area contributed by atoms with Gasteiger partial charge in [-0.1, -0.05) is 25.4 Å². The van der Waals surface area contributed by atoms with Crippen molar-refractivity contribution < 1.29 is 0 Å². The number of hydrogen-bond donors (Lipinski definition) is 1. The average Bonchev–Trinajstić information content (AvgIpc) is 2.10. The molecule has 0 fully saturated rings. The molecule has 0 radical (unpaired) electrons. The molecule has 0 amide bonds. The molecule has 0 heterocycles. The van der Waals surface area contributed by atoms with E-state index in [4.69, 9.17) is 17.3 Å². The van der Waals surface area contributed by atoms with Crippen molar-refractivity contribution in [3.8, 4) is 0 Å². The predicted octanol–water partition coefficient (Wildman–Crippen LogP) is 4.06. The Bertz CT molecular complexity index is 299. The van der Waals surface area contributed by atoms with E-state index in [1.165, 1.54) is 11.3 Å². The van der Waals surface area contributed by atoms with Crippen LogP contribution in [0, 0.1) is 5.92 Å². The molecule has 0 aliphatic heterocycles. The van der Waals surface area contributed by atoms with Crippen molar-refractivity contribution >= 4 is 29.1 Å². The number of hydrogen-bond acceptors (Lipinski definition) is 2. The fourth-order valence-corrected chi connectivity index (χ4v) is 2.45. The van der Waals surface area contributed by atoms with Crippen molar-refractivity contribution in [2.45, 2.75) is 25.2 Å². The number of anilines is 1. The molecule has 0 saturated carbocycles. The molecule has 0 aliphatic carbocycles. The summed E-state index contributed by atoms with van der Waals surface area (Å²) in [6.07, 6.45) is 1.23. The van der Waals surface area contributed by atoms with E-state index in [2.05, 4.69) is 13.8 Å². The Kier molecular flexibility index (Phi) is 4.63. The van der Waals surface area contributed by atoms with E-state index in [9.17, 15) is 0 Å². The summed E-state index contributed by atoms with van der Waals surface area (Å²) in [4.78, 5) is 1.20. The molecule has 0 saturated heterocycles. The van der Waals surface area contributed by atoms with Gasteiger partial charge in [-0.25, -0.2) is 0 Å².